The molecule has 144 valence electrons. The van der Waals surface area contributed by atoms with Crippen LogP contribution in [0.15, 0.2) is 24.3 Å². The van der Waals surface area contributed by atoms with Gasteiger partial charge in [0.05, 0.1) is 38.6 Å². The van der Waals surface area contributed by atoms with Crippen molar-refractivity contribution < 1.29 is 14.4 Å². The van der Waals surface area contributed by atoms with Gasteiger partial charge in [-0.05, 0) is 31.3 Å². The fourth-order valence-electron chi connectivity index (χ4n) is 3.51. The number of benzene rings is 1. The number of hydrogen-bond donors (Lipinski definition) is 2. The summed E-state index contributed by atoms with van der Waals surface area (Å²) in [6.07, 6.45) is 0. The number of thiocarbonyl (C=S) groups is 1. The zero-order chi connectivity index (χ0) is 18.2. The van der Waals surface area contributed by atoms with Gasteiger partial charge in [0.15, 0.2) is 5.11 Å². The molecule has 6 nitrogen and oxygen atoms in total. The highest BCUT2D eigenvalue weighted by Crippen LogP contribution is 2.28. The lowest BCUT2D eigenvalue weighted by atomic mass is 10.2. The first kappa shape index (κ1) is 19.2. The topological polar surface area (TPSA) is 41.4 Å². The molecular formula is C19H31N4O2S+. The molecule has 2 aliphatic rings. The Balaban J connectivity index is 1.42. The molecule has 1 aromatic carbocycles. The van der Waals surface area contributed by atoms with Crippen LogP contribution in [0.3, 0.4) is 0 Å². The molecule has 0 aliphatic carbocycles. The van der Waals surface area contributed by atoms with Gasteiger partial charge in [0.2, 0.25) is 0 Å². The number of nitrogens with one attached hydrogen (secondary N) is 2. The fraction of sp³-hybridized carbons (Fsp3) is 0.632. The lowest BCUT2D eigenvalue weighted by Gasteiger charge is -2.38. The molecule has 0 amide bonds. The normalized spacial score (nSPS) is 18.7. The van der Waals surface area contributed by atoms with Gasteiger partial charge in [-0.1, -0.05) is 12.1 Å². The van der Waals surface area contributed by atoms with Crippen LogP contribution in [0.4, 0.5) is 5.69 Å². The van der Waals surface area contributed by atoms with Gasteiger partial charge in [0.25, 0.3) is 0 Å². The van der Waals surface area contributed by atoms with E-state index in [1.165, 1.54) is 5.69 Å². The van der Waals surface area contributed by atoms with Crippen LogP contribution in [0.5, 0.6) is 5.75 Å². The highest BCUT2D eigenvalue weighted by molar-refractivity contribution is 7.80. The highest BCUT2D eigenvalue weighted by atomic mass is 32.1. The lowest BCUT2D eigenvalue weighted by molar-refractivity contribution is -0.906. The average Bonchev–Trinajstić information content (AvgIpc) is 2.70. The summed E-state index contributed by atoms with van der Waals surface area (Å²) < 4.78 is 11.2. The van der Waals surface area contributed by atoms with E-state index in [1.807, 2.05) is 19.1 Å². The number of piperazine rings is 1. The zero-order valence-corrected chi connectivity index (χ0v) is 16.5. The van der Waals surface area contributed by atoms with E-state index in [1.54, 1.807) is 4.90 Å². The van der Waals surface area contributed by atoms with E-state index in [2.05, 4.69) is 27.2 Å². The zero-order valence-electron chi connectivity index (χ0n) is 15.7. The van der Waals surface area contributed by atoms with Crippen LogP contribution >= 0.6 is 12.2 Å². The van der Waals surface area contributed by atoms with Crippen molar-refractivity contribution in [1.29, 1.82) is 0 Å². The molecule has 0 spiro atoms. The van der Waals surface area contributed by atoms with Crippen LogP contribution in [0.2, 0.25) is 0 Å². The molecular weight excluding hydrogens is 348 g/mol. The Kier molecular flexibility index (Phi) is 7.34. The second-order valence-corrected chi connectivity index (χ2v) is 7.11. The van der Waals surface area contributed by atoms with Crippen molar-refractivity contribution in [3.63, 3.8) is 0 Å². The minimum Gasteiger partial charge on any atom is -0.492 e. The molecule has 0 bridgehead atoms. The minimum absolute atomic E-state index is 0.691. The van der Waals surface area contributed by atoms with E-state index in [4.69, 9.17) is 21.7 Å². The van der Waals surface area contributed by atoms with E-state index in [0.717, 1.165) is 76.4 Å². The van der Waals surface area contributed by atoms with Crippen molar-refractivity contribution >= 4 is 23.0 Å². The number of anilines is 1. The maximum absolute atomic E-state index is 5.77. The largest absolute Gasteiger partial charge is 0.492 e. The van der Waals surface area contributed by atoms with E-state index in [0.29, 0.717) is 6.61 Å². The van der Waals surface area contributed by atoms with Crippen LogP contribution < -0.4 is 19.9 Å². The number of ether oxygens (including phenoxy) is 2. The van der Waals surface area contributed by atoms with Crippen molar-refractivity contribution in [1.82, 2.24) is 10.2 Å². The van der Waals surface area contributed by atoms with Gasteiger partial charge in [-0.25, -0.2) is 0 Å². The molecule has 2 aliphatic heterocycles. The maximum Gasteiger partial charge on any atom is 0.169 e. The molecule has 26 heavy (non-hydrogen) atoms. The fourth-order valence-corrected chi connectivity index (χ4v) is 3.80. The quantitative estimate of drug-likeness (QED) is 0.678. The minimum atomic E-state index is 0.691. The number of morpholine rings is 1. The second kappa shape index (κ2) is 9.94. The number of nitrogens with zero attached hydrogens (tertiary/aromatic N) is 2. The maximum atomic E-state index is 5.77. The van der Waals surface area contributed by atoms with Crippen LogP contribution in [0.1, 0.15) is 6.92 Å². The van der Waals surface area contributed by atoms with E-state index in [9.17, 15) is 0 Å². The summed E-state index contributed by atoms with van der Waals surface area (Å²) in [6, 6.07) is 8.29. The summed E-state index contributed by atoms with van der Waals surface area (Å²) in [5.41, 5.74) is 1.18. The van der Waals surface area contributed by atoms with E-state index >= 15 is 0 Å². The van der Waals surface area contributed by atoms with Gasteiger partial charge >= 0.3 is 0 Å². The highest BCUT2D eigenvalue weighted by Gasteiger charge is 2.21. The van der Waals surface area contributed by atoms with E-state index in [-0.39, 0.29) is 0 Å². The Hall–Kier alpha value is -1.57. The molecule has 0 saturated carbocycles. The van der Waals surface area contributed by atoms with Crippen LogP contribution in [0.25, 0.3) is 0 Å². The third-order valence-electron chi connectivity index (χ3n) is 5.03. The van der Waals surface area contributed by atoms with Crippen LogP contribution in [0, 0.1) is 0 Å². The molecule has 2 heterocycles. The summed E-state index contributed by atoms with van der Waals surface area (Å²) in [4.78, 5) is 6.27. The van der Waals surface area contributed by atoms with Crippen LogP contribution in [-0.4, -0.2) is 82.2 Å². The molecule has 0 radical (unpaired) electrons. The SMILES string of the molecule is CCOc1ccccc1N1CCN(C(=S)NCC[NH+]2CCOCC2)CC1. The Bertz CT molecular complexity index is 572. The summed E-state index contributed by atoms with van der Waals surface area (Å²) in [5.74, 6) is 0.970. The Morgan fingerprint density at radius 1 is 1.19 bits per heavy atom. The molecule has 1 aromatic rings. The van der Waals surface area contributed by atoms with Crippen molar-refractivity contribution in [2.24, 2.45) is 0 Å². The predicted octanol–water partition coefficient (Wildman–Crippen LogP) is -0.00310. The van der Waals surface area contributed by atoms with Gasteiger partial charge < -0.3 is 29.5 Å². The van der Waals surface area contributed by atoms with Crippen molar-refractivity contribution in [2.75, 3.05) is 77.1 Å². The number of quaternary nitrogens is 1. The van der Waals surface area contributed by atoms with Gasteiger partial charge in [-0.3, -0.25) is 0 Å². The van der Waals surface area contributed by atoms with Gasteiger partial charge in [0, 0.05) is 26.2 Å². The van der Waals surface area contributed by atoms with Gasteiger partial charge in [-0.15, -0.1) is 0 Å². The van der Waals surface area contributed by atoms with Crippen molar-refractivity contribution in [3.8, 4) is 5.75 Å². The number of hydrogen-bond acceptors (Lipinski definition) is 4. The third kappa shape index (κ3) is 5.22. The Labute approximate surface area is 162 Å². The van der Waals surface area contributed by atoms with Crippen molar-refractivity contribution in [3.05, 3.63) is 24.3 Å². The van der Waals surface area contributed by atoms with E-state index < -0.39 is 0 Å². The smallest absolute Gasteiger partial charge is 0.169 e. The monoisotopic (exact) mass is 379 g/mol. The molecule has 3 rings (SSSR count). The molecule has 0 unspecified atom stereocenters. The lowest BCUT2D eigenvalue weighted by Crippen LogP contribution is -3.14. The number of rotatable bonds is 6. The Morgan fingerprint density at radius 3 is 2.65 bits per heavy atom. The molecule has 2 fully saturated rings. The average molecular weight is 380 g/mol. The first-order chi connectivity index (χ1) is 12.8. The van der Waals surface area contributed by atoms with Crippen LogP contribution in [-0.2, 0) is 4.74 Å². The first-order valence-electron chi connectivity index (χ1n) is 9.69. The van der Waals surface area contributed by atoms with Gasteiger partial charge in [-0.2, -0.15) is 0 Å². The number of para-hydroxylation sites is 2. The molecule has 7 heteroatoms. The summed E-state index contributed by atoms with van der Waals surface area (Å²) in [7, 11) is 0. The van der Waals surface area contributed by atoms with Crippen molar-refractivity contribution in [2.45, 2.75) is 6.92 Å². The first-order valence-corrected chi connectivity index (χ1v) is 10.1. The third-order valence-corrected chi connectivity index (χ3v) is 5.43. The van der Waals surface area contributed by atoms with Gasteiger partial charge in [0.1, 0.15) is 18.8 Å². The summed E-state index contributed by atoms with van der Waals surface area (Å²) >= 11 is 5.60. The molecule has 2 N–H and O–H groups in total. The standard InChI is InChI=1S/C19H30N4O2S/c1-2-25-18-6-4-3-5-17(18)22-9-11-23(12-10-22)19(26)20-7-8-21-13-15-24-16-14-21/h3-6H,2,7-16H2,1H3,(H,20,26)/p+1. The molecule has 2 saturated heterocycles. The predicted molar refractivity (Wildman–Crippen MR) is 108 cm³/mol. The summed E-state index contributed by atoms with van der Waals surface area (Å²) in [5, 5.41) is 4.32. The molecule has 0 atom stereocenters. The Morgan fingerprint density at radius 2 is 1.92 bits per heavy atom. The second-order valence-electron chi connectivity index (χ2n) is 6.72. The molecule has 0 aromatic heterocycles. The summed E-state index contributed by atoms with van der Waals surface area (Å²) in [6.45, 7) is 12.5.